The van der Waals surface area contributed by atoms with Crippen LogP contribution in [0.1, 0.15) is 16.5 Å². The van der Waals surface area contributed by atoms with E-state index in [0.29, 0.717) is 12.1 Å². The quantitative estimate of drug-likeness (QED) is 0.791. The summed E-state index contributed by atoms with van der Waals surface area (Å²) in [4.78, 5) is 1.13. The van der Waals surface area contributed by atoms with Gasteiger partial charge in [0.25, 0.3) is 0 Å². The van der Waals surface area contributed by atoms with Crippen molar-refractivity contribution < 1.29 is 5.11 Å². The molecule has 0 aliphatic heterocycles. The van der Waals surface area contributed by atoms with Gasteiger partial charge in [-0.2, -0.15) is 0 Å². The van der Waals surface area contributed by atoms with Crippen molar-refractivity contribution in [2.24, 2.45) is 0 Å². The maximum absolute atomic E-state index is 10.2. The van der Waals surface area contributed by atoms with Crippen LogP contribution in [0.25, 0.3) is 0 Å². The number of hydrogen-bond donors (Lipinski definition) is 2. The van der Waals surface area contributed by atoms with E-state index in [1.54, 1.807) is 17.4 Å². The summed E-state index contributed by atoms with van der Waals surface area (Å²) in [5.74, 6) is 0. The van der Waals surface area contributed by atoms with Crippen molar-refractivity contribution in [3.8, 4) is 0 Å². The van der Waals surface area contributed by atoms with E-state index in [1.807, 2.05) is 23.6 Å². The first-order valence-electron chi connectivity index (χ1n) is 5.02. The molecule has 0 saturated carbocycles. The Labute approximate surface area is 121 Å². The van der Waals surface area contributed by atoms with Gasteiger partial charge in [0, 0.05) is 36.9 Å². The molecule has 0 amide bonds. The molecule has 0 bridgehead atoms. The minimum atomic E-state index is -0.571. The fourth-order valence-electron chi connectivity index (χ4n) is 1.60. The second-order valence-electron chi connectivity index (χ2n) is 3.72. The number of hydrogen-bond acceptors (Lipinski definition) is 3. The number of nitrogens with two attached hydrogens (primary N) is 1. The van der Waals surface area contributed by atoms with E-state index in [-0.39, 0.29) is 0 Å². The third-order valence-electron chi connectivity index (χ3n) is 2.42. The highest BCUT2D eigenvalue weighted by Crippen LogP contribution is 2.29. The van der Waals surface area contributed by atoms with E-state index >= 15 is 0 Å². The van der Waals surface area contributed by atoms with Crippen LogP contribution in [0.2, 0.25) is 0 Å². The third kappa shape index (κ3) is 3.31. The van der Waals surface area contributed by atoms with Gasteiger partial charge in [0.2, 0.25) is 0 Å². The molecule has 0 spiro atoms. The van der Waals surface area contributed by atoms with E-state index in [4.69, 9.17) is 5.73 Å². The topological polar surface area (TPSA) is 46.2 Å². The molecule has 2 rings (SSSR count). The average molecular weight is 377 g/mol. The Morgan fingerprint density at radius 2 is 2.00 bits per heavy atom. The smallest absolute Gasteiger partial charge is 0.0858 e. The van der Waals surface area contributed by atoms with Crippen LogP contribution in [0.5, 0.6) is 0 Å². The molecule has 1 heterocycles. The van der Waals surface area contributed by atoms with Crippen molar-refractivity contribution in [1.82, 2.24) is 0 Å². The molecule has 0 aliphatic rings. The zero-order valence-electron chi connectivity index (χ0n) is 8.86. The number of aliphatic hydroxyl groups excluding tert-OH is 1. The molecule has 1 aromatic heterocycles. The maximum Gasteiger partial charge on any atom is 0.0858 e. The number of thiophene rings is 1. The monoisotopic (exact) mass is 375 g/mol. The first kappa shape index (κ1) is 13.1. The second kappa shape index (κ2) is 5.52. The van der Waals surface area contributed by atoms with Gasteiger partial charge in [-0.3, -0.25) is 0 Å². The van der Waals surface area contributed by atoms with Crippen LogP contribution in [0.15, 0.2) is 38.6 Å². The zero-order valence-corrected chi connectivity index (χ0v) is 12.8. The molecule has 0 aliphatic carbocycles. The van der Waals surface area contributed by atoms with Crippen molar-refractivity contribution >= 4 is 48.9 Å². The molecule has 0 fully saturated rings. The molecule has 0 saturated heterocycles. The van der Waals surface area contributed by atoms with Gasteiger partial charge >= 0.3 is 0 Å². The van der Waals surface area contributed by atoms with Gasteiger partial charge in [0.1, 0.15) is 0 Å². The van der Waals surface area contributed by atoms with Gasteiger partial charge in [-0.25, -0.2) is 0 Å². The van der Waals surface area contributed by atoms with E-state index in [9.17, 15) is 5.11 Å². The van der Waals surface area contributed by atoms with Crippen LogP contribution >= 0.6 is 43.2 Å². The number of aliphatic hydroxyl groups is 1. The highest BCUT2D eigenvalue weighted by Gasteiger charge is 2.13. The summed E-state index contributed by atoms with van der Waals surface area (Å²) in [6, 6.07) is 7.55. The van der Waals surface area contributed by atoms with Crippen molar-refractivity contribution in [3.05, 3.63) is 49.0 Å². The zero-order chi connectivity index (χ0) is 12.4. The largest absolute Gasteiger partial charge is 0.398 e. The Hall–Kier alpha value is -0.360. The van der Waals surface area contributed by atoms with E-state index in [2.05, 4.69) is 31.9 Å². The number of halogens is 2. The number of rotatable bonds is 3. The fraction of sp³-hybridized carbons (Fsp3) is 0.167. The van der Waals surface area contributed by atoms with Gasteiger partial charge in [-0.1, -0.05) is 15.9 Å². The Morgan fingerprint density at radius 3 is 2.65 bits per heavy atom. The molecular formula is C12H11Br2NOS. The molecule has 2 nitrogen and oxygen atoms in total. The molecule has 0 radical (unpaired) electrons. The standard InChI is InChI=1S/C12H11Br2NOS/c13-7-1-2-11(15)10(4-7)12(16)5-9-3-8(14)6-17-9/h1-4,6,12,16H,5,15H2. The molecule has 1 aromatic carbocycles. The first-order valence-corrected chi connectivity index (χ1v) is 7.48. The SMILES string of the molecule is Nc1ccc(Br)cc1C(O)Cc1cc(Br)cs1. The lowest BCUT2D eigenvalue weighted by Gasteiger charge is -2.12. The Morgan fingerprint density at radius 1 is 1.24 bits per heavy atom. The molecular weight excluding hydrogens is 366 g/mol. The Bertz CT molecular complexity index is 527. The minimum absolute atomic E-state index is 0.571. The predicted molar refractivity (Wildman–Crippen MR) is 79.2 cm³/mol. The lowest BCUT2D eigenvalue weighted by molar-refractivity contribution is 0.180. The molecule has 1 atom stereocenters. The van der Waals surface area contributed by atoms with Crippen molar-refractivity contribution in [1.29, 1.82) is 0 Å². The molecule has 5 heteroatoms. The van der Waals surface area contributed by atoms with Crippen LogP contribution in [0.4, 0.5) is 5.69 Å². The van der Waals surface area contributed by atoms with Gasteiger partial charge in [-0.05, 0) is 40.2 Å². The van der Waals surface area contributed by atoms with Gasteiger partial charge in [0.05, 0.1) is 6.10 Å². The number of nitrogen functional groups attached to an aromatic ring is 1. The van der Waals surface area contributed by atoms with Gasteiger partial charge < -0.3 is 10.8 Å². The third-order valence-corrected chi connectivity index (χ3v) is 4.64. The van der Waals surface area contributed by atoms with Crippen molar-refractivity contribution in [2.45, 2.75) is 12.5 Å². The summed E-state index contributed by atoms with van der Waals surface area (Å²) in [5.41, 5.74) is 7.25. The normalized spacial score (nSPS) is 12.6. The molecule has 1 unspecified atom stereocenters. The van der Waals surface area contributed by atoms with Crippen LogP contribution in [0.3, 0.4) is 0 Å². The average Bonchev–Trinajstić information content (AvgIpc) is 2.67. The second-order valence-corrected chi connectivity index (χ2v) is 6.55. The van der Waals surface area contributed by atoms with Crippen molar-refractivity contribution in [3.63, 3.8) is 0 Å². The minimum Gasteiger partial charge on any atom is -0.398 e. The maximum atomic E-state index is 10.2. The lowest BCUT2D eigenvalue weighted by Crippen LogP contribution is -2.04. The van der Waals surface area contributed by atoms with Crippen LogP contribution < -0.4 is 5.73 Å². The predicted octanol–water partition coefficient (Wildman–Crippen LogP) is 4.13. The number of anilines is 1. The Kier molecular flexibility index (Phi) is 4.25. The summed E-state index contributed by atoms with van der Waals surface area (Å²) in [5, 5.41) is 12.2. The van der Waals surface area contributed by atoms with Crippen LogP contribution in [-0.4, -0.2) is 5.11 Å². The van der Waals surface area contributed by atoms with Gasteiger partial charge in [-0.15, -0.1) is 11.3 Å². The summed E-state index contributed by atoms with van der Waals surface area (Å²) in [6.07, 6.45) is 0.00903. The highest BCUT2D eigenvalue weighted by molar-refractivity contribution is 9.10. The van der Waals surface area contributed by atoms with Crippen LogP contribution in [-0.2, 0) is 6.42 Å². The van der Waals surface area contributed by atoms with Crippen molar-refractivity contribution in [2.75, 3.05) is 5.73 Å². The highest BCUT2D eigenvalue weighted by atomic mass is 79.9. The molecule has 3 N–H and O–H groups in total. The molecule has 90 valence electrons. The number of benzene rings is 1. The fourth-order valence-corrected chi connectivity index (χ4v) is 3.46. The summed E-state index contributed by atoms with van der Waals surface area (Å²) in [6.45, 7) is 0. The lowest BCUT2D eigenvalue weighted by atomic mass is 10.0. The molecule has 2 aromatic rings. The first-order chi connectivity index (χ1) is 8.06. The van der Waals surface area contributed by atoms with Gasteiger partial charge in [0.15, 0.2) is 0 Å². The van der Waals surface area contributed by atoms with E-state index in [0.717, 1.165) is 19.4 Å². The summed E-state index contributed by atoms with van der Waals surface area (Å²) >= 11 is 8.41. The molecule has 17 heavy (non-hydrogen) atoms. The van der Waals surface area contributed by atoms with E-state index < -0.39 is 6.10 Å². The summed E-state index contributed by atoms with van der Waals surface area (Å²) in [7, 11) is 0. The Balaban J connectivity index is 2.19. The van der Waals surface area contributed by atoms with E-state index in [1.165, 1.54) is 0 Å². The van der Waals surface area contributed by atoms with Crippen LogP contribution in [0, 0.1) is 0 Å². The summed E-state index contributed by atoms with van der Waals surface area (Å²) < 4.78 is 1.97.